The molecule has 1 saturated heterocycles. The van der Waals surface area contributed by atoms with Crippen LogP contribution in [0, 0.1) is 0 Å². The zero-order valence-corrected chi connectivity index (χ0v) is 19.2. The number of alkyl halides is 6. The Morgan fingerprint density at radius 1 is 0.629 bits per heavy atom. The molecule has 0 aromatic heterocycles. The summed E-state index contributed by atoms with van der Waals surface area (Å²) in [6.45, 7) is 4.52. The maximum absolute atomic E-state index is 13.5. The normalized spacial score (nSPS) is 17.3. The van der Waals surface area contributed by atoms with Gasteiger partial charge in [-0.2, -0.15) is 26.3 Å². The van der Waals surface area contributed by atoms with E-state index < -0.39 is 29.0 Å². The number of anilines is 1. The molecule has 186 valence electrons. The van der Waals surface area contributed by atoms with Crippen LogP contribution in [0.2, 0.25) is 0 Å². The molecule has 2 nitrogen and oxygen atoms in total. The van der Waals surface area contributed by atoms with Crippen LogP contribution >= 0.6 is 0 Å². The van der Waals surface area contributed by atoms with Crippen LogP contribution in [0.3, 0.4) is 0 Å². The fourth-order valence-electron chi connectivity index (χ4n) is 4.81. The number of halogens is 6. The number of benzene rings is 3. The zero-order chi connectivity index (χ0) is 25.3. The second-order valence-electron chi connectivity index (χ2n) is 9.04. The van der Waals surface area contributed by atoms with Crippen molar-refractivity contribution in [3.8, 4) is 0 Å². The Hall–Kier alpha value is -3.00. The van der Waals surface area contributed by atoms with Crippen molar-refractivity contribution in [1.29, 1.82) is 0 Å². The van der Waals surface area contributed by atoms with Gasteiger partial charge in [0.15, 0.2) is 0 Å². The molecule has 3 aromatic rings. The summed E-state index contributed by atoms with van der Waals surface area (Å²) < 4.78 is 80.8. The molecule has 0 spiro atoms. The van der Waals surface area contributed by atoms with Crippen molar-refractivity contribution in [2.75, 3.05) is 31.1 Å². The van der Waals surface area contributed by atoms with Gasteiger partial charge in [-0.05, 0) is 54.8 Å². The van der Waals surface area contributed by atoms with Crippen molar-refractivity contribution < 1.29 is 26.3 Å². The number of hydrogen-bond acceptors (Lipinski definition) is 2. The summed E-state index contributed by atoms with van der Waals surface area (Å²) in [5, 5.41) is 0. The average Bonchev–Trinajstić information content (AvgIpc) is 2.84. The molecular weight excluding hydrogens is 466 g/mol. The monoisotopic (exact) mass is 492 g/mol. The predicted molar refractivity (Wildman–Crippen MR) is 124 cm³/mol. The minimum atomic E-state index is -4.87. The smallest absolute Gasteiger partial charge is 0.369 e. The summed E-state index contributed by atoms with van der Waals surface area (Å²) >= 11 is 0. The van der Waals surface area contributed by atoms with E-state index in [1.165, 1.54) is 0 Å². The van der Waals surface area contributed by atoms with Crippen molar-refractivity contribution in [2.45, 2.75) is 31.2 Å². The Bertz CT molecular complexity index is 1090. The third kappa shape index (κ3) is 5.64. The van der Waals surface area contributed by atoms with Crippen LogP contribution in [-0.4, -0.2) is 31.1 Å². The third-order valence-electron chi connectivity index (χ3n) is 6.69. The van der Waals surface area contributed by atoms with Crippen molar-refractivity contribution in [3.05, 3.63) is 101 Å². The zero-order valence-electron chi connectivity index (χ0n) is 19.2. The summed E-state index contributed by atoms with van der Waals surface area (Å²) in [7, 11) is 0. The van der Waals surface area contributed by atoms with Gasteiger partial charge in [-0.15, -0.1) is 0 Å². The van der Waals surface area contributed by atoms with E-state index in [-0.39, 0.29) is 18.1 Å². The van der Waals surface area contributed by atoms with Crippen LogP contribution in [0.4, 0.5) is 32.0 Å². The van der Waals surface area contributed by atoms with E-state index in [9.17, 15) is 26.3 Å². The fraction of sp³-hybridized carbons (Fsp3) is 0.333. The van der Waals surface area contributed by atoms with Gasteiger partial charge in [0.25, 0.3) is 0 Å². The highest BCUT2D eigenvalue weighted by atomic mass is 19.4. The second-order valence-corrected chi connectivity index (χ2v) is 9.04. The Balaban J connectivity index is 1.68. The summed E-state index contributed by atoms with van der Waals surface area (Å²) in [4.78, 5) is 4.39. The summed E-state index contributed by atoms with van der Waals surface area (Å²) in [5.41, 5.74) is -1.43. The van der Waals surface area contributed by atoms with Crippen molar-refractivity contribution in [2.24, 2.45) is 0 Å². The molecule has 0 amide bonds. The standard InChI is InChI=1S/C27H26F6N2/c1-25(21-8-4-2-5-9-21,35-14-12-34(13-15-35)24-10-6-3-7-11-24)19-20-16-22(26(28,29)30)18-23(17-20)27(31,32)33/h2-11,16-18H,12-15,19H2,1H3. The predicted octanol–water partition coefficient (Wildman–Crippen LogP) is 7.00. The van der Waals surface area contributed by atoms with Gasteiger partial charge in [-0.1, -0.05) is 48.5 Å². The summed E-state index contributed by atoms with van der Waals surface area (Å²) in [6, 6.07) is 21.0. The minimum Gasteiger partial charge on any atom is -0.369 e. The summed E-state index contributed by atoms with van der Waals surface area (Å²) in [5.74, 6) is 0. The lowest BCUT2D eigenvalue weighted by Gasteiger charge is -2.47. The number of nitrogens with zero attached hydrogens (tertiary/aromatic N) is 2. The van der Waals surface area contributed by atoms with Gasteiger partial charge in [0.1, 0.15) is 0 Å². The highest BCUT2D eigenvalue weighted by Gasteiger charge is 2.40. The van der Waals surface area contributed by atoms with E-state index >= 15 is 0 Å². The molecule has 35 heavy (non-hydrogen) atoms. The lowest BCUT2D eigenvalue weighted by atomic mass is 9.82. The van der Waals surface area contributed by atoms with Crippen LogP contribution in [0.15, 0.2) is 78.9 Å². The maximum Gasteiger partial charge on any atom is 0.416 e. The molecule has 4 rings (SSSR count). The first-order valence-corrected chi connectivity index (χ1v) is 11.4. The van der Waals surface area contributed by atoms with E-state index in [2.05, 4.69) is 9.80 Å². The van der Waals surface area contributed by atoms with Crippen molar-refractivity contribution in [1.82, 2.24) is 4.90 Å². The van der Waals surface area contributed by atoms with E-state index in [0.717, 1.165) is 23.4 Å². The average molecular weight is 493 g/mol. The SMILES string of the molecule is CC(Cc1cc(C(F)(F)F)cc(C(F)(F)F)c1)(c1ccccc1)N1CCN(c2ccccc2)CC1. The van der Waals surface area contributed by atoms with Gasteiger partial charge in [-0.25, -0.2) is 0 Å². The first kappa shape index (κ1) is 25.1. The van der Waals surface area contributed by atoms with Gasteiger partial charge < -0.3 is 4.90 Å². The van der Waals surface area contributed by atoms with Crippen molar-refractivity contribution >= 4 is 5.69 Å². The molecule has 1 unspecified atom stereocenters. The lowest BCUT2D eigenvalue weighted by molar-refractivity contribution is -0.143. The van der Waals surface area contributed by atoms with Crippen LogP contribution in [0.5, 0.6) is 0 Å². The number of hydrogen-bond donors (Lipinski definition) is 0. The topological polar surface area (TPSA) is 6.48 Å². The van der Waals surface area contributed by atoms with Gasteiger partial charge >= 0.3 is 12.4 Å². The molecule has 1 heterocycles. The van der Waals surface area contributed by atoms with Gasteiger partial charge in [-0.3, -0.25) is 4.90 Å². The number of piperazine rings is 1. The lowest BCUT2D eigenvalue weighted by Crippen LogP contribution is -2.55. The highest BCUT2D eigenvalue weighted by Crippen LogP contribution is 2.39. The Labute approximate surface area is 200 Å². The first-order chi connectivity index (χ1) is 16.5. The van der Waals surface area contributed by atoms with Crippen LogP contribution < -0.4 is 4.90 Å². The highest BCUT2D eigenvalue weighted by molar-refractivity contribution is 5.46. The molecule has 0 aliphatic carbocycles. The van der Waals surface area contributed by atoms with Gasteiger partial charge in [0, 0.05) is 37.4 Å². The Kier molecular flexibility index (Phi) is 6.86. The third-order valence-corrected chi connectivity index (χ3v) is 6.69. The van der Waals surface area contributed by atoms with Gasteiger partial charge in [0.2, 0.25) is 0 Å². The molecule has 1 aliphatic heterocycles. The number of para-hydroxylation sites is 1. The molecule has 0 radical (unpaired) electrons. The molecular formula is C27H26F6N2. The largest absolute Gasteiger partial charge is 0.416 e. The molecule has 0 saturated carbocycles. The molecule has 1 aliphatic rings. The minimum absolute atomic E-state index is 0.00370. The van der Waals surface area contributed by atoms with E-state index in [0.29, 0.717) is 26.2 Å². The molecule has 1 atom stereocenters. The summed E-state index contributed by atoms with van der Waals surface area (Å²) in [6.07, 6.45) is -9.74. The maximum atomic E-state index is 13.5. The quantitative estimate of drug-likeness (QED) is 0.354. The Morgan fingerprint density at radius 3 is 1.60 bits per heavy atom. The fourth-order valence-corrected chi connectivity index (χ4v) is 4.81. The second kappa shape index (κ2) is 9.57. The molecule has 1 fully saturated rings. The van der Waals surface area contributed by atoms with Gasteiger partial charge in [0.05, 0.1) is 11.1 Å². The van der Waals surface area contributed by atoms with Crippen LogP contribution in [0.25, 0.3) is 0 Å². The molecule has 3 aromatic carbocycles. The van der Waals surface area contributed by atoms with Crippen LogP contribution in [-0.2, 0) is 24.3 Å². The van der Waals surface area contributed by atoms with E-state index in [4.69, 9.17) is 0 Å². The van der Waals surface area contributed by atoms with Crippen molar-refractivity contribution in [3.63, 3.8) is 0 Å². The molecule has 8 heteroatoms. The Morgan fingerprint density at radius 2 is 1.11 bits per heavy atom. The molecule has 0 bridgehead atoms. The van der Waals surface area contributed by atoms with E-state index in [1.54, 1.807) is 0 Å². The van der Waals surface area contributed by atoms with Crippen LogP contribution in [0.1, 0.15) is 29.2 Å². The molecule has 0 N–H and O–H groups in total. The first-order valence-electron chi connectivity index (χ1n) is 11.4. The van der Waals surface area contributed by atoms with E-state index in [1.807, 2.05) is 67.6 Å². The number of rotatable bonds is 5.